The Balaban J connectivity index is 2.14. The fourth-order valence-electron chi connectivity index (χ4n) is 2.59. The van der Waals surface area contributed by atoms with E-state index in [1.54, 1.807) is 6.07 Å². The number of esters is 1. The van der Waals surface area contributed by atoms with Gasteiger partial charge in [0.15, 0.2) is 0 Å². The van der Waals surface area contributed by atoms with E-state index < -0.39 is 0 Å². The van der Waals surface area contributed by atoms with Gasteiger partial charge in [0.1, 0.15) is 12.4 Å². The molecule has 0 spiro atoms. The van der Waals surface area contributed by atoms with Gasteiger partial charge >= 0.3 is 5.97 Å². The number of thioether (sulfide) groups is 1. The topological polar surface area (TPSA) is 26.3 Å². The van der Waals surface area contributed by atoms with Gasteiger partial charge in [0, 0.05) is 15.4 Å². The number of halogens is 1. The molecule has 0 saturated carbocycles. The molecule has 1 heterocycles. The van der Waals surface area contributed by atoms with Gasteiger partial charge in [-0.15, -0.1) is 24.4 Å². The Morgan fingerprint density at radius 3 is 2.57 bits per heavy atom. The van der Waals surface area contributed by atoms with Crippen LogP contribution in [0.5, 0.6) is 0 Å². The molecule has 2 nitrogen and oxygen atoms in total. The number of carbonyl (C=O) groups excluding carboxylic acids is 1. The average Bonchev–Trinajstić information content (AvgIpc) is 2.91. The number of benzene rings is 2. The van der Waals surface area contributed by atoms with E-state index >= 15 is 0 Å². The van der Waals surface area contributed by atoms with Crippen LogP contribution in [-0.4, -0.2) is 18.8 Å². The average molecular weight is 346 g/mol. The molecule has 2 aromatic carbocycles. The van der Waals surface area contributed by atoms with Crippen LogP contribution in [0.25, 0.3) is 11.1 Å². The minimum absolute atomic E-state index is 0.161. The molecule has 118 valence electrons. The van der Waals surface area contributed by atoms with Gasteiger partial charge in [-0.25, -0.2) is 9.18 Å². The van der Waals surface area contributed by atoms with Gasteiger partial charge in [-0.05, 0) is 48.1 Å². The van der Waals surface area contributed by atoms with Gasteiger partial charge in [0.25, 0.3) is 0 Å². The third-order valence-electron chi connectivity index (χ3n) is 3.84. The largest absolute Gasteiger partial charge is 0.457 e. The van der Waals surface area contributed by atoms with Gasteiger partial charge in [0.2, 0.25) is 0 Å². The Morgan fingerprint density at radius 2 is 1.91 bits per heavy atom. The first-order valence-electron chi connectivity index (χ1n) is 7.05. The Morgan fingerprint density at radius 1 is 1.17 bits per heavy atom. The van der Waals surface area contributed by atoms with Crippen molar-refractivity contribution in [2.45, 2.75) is 16.7 Å². The number of thiol groups is 1. The molecule has 5 heteroatoms. The molecule has 0 aromatic heterocycles. The number of ether oxygens (including phenoxy) is 1. The summed E-state index contributed by atoms with van der Waals surface area (Å²) in [7, 11) is 0. The quantitative estimate of drug-likeness (QED) is 0.499. The fourth-order valence-corrected chi connectivity index (χ4v) is 3.19. The van der Waals surface area contributed by atoms with Crippen LogP contribution in [0.1, 0.15) is 16.7 Å². The highest BCUT2D eigenvalue weighted by atomic mass is 32.2. The Labute approximate surface area is 144 Å². The fraction of sp³-hybridized carbons (Fsp3) is 0.167. The van der Waals surface area contributed by atoms with Gasteiger partial charge in [-0.1, -0.05) is 18.2 Å². The van der Waals surface area contributed by atoms with Crippen molar-refractivity contribution in [2.24, 2.45) is 0 Å². The monoisotopic (exact) mass is 346 g/mol. The molecule has 0 atom stereocenters. The molecule has 2 aromatic rings. The van der Waals surface area contributed by atoms with Crippen molar-refractivity contribution in [3.63, 3.8) is 0 Å². The third kappa shape index (κ3) is 3.03. The second kappa shape index (κ2) is 6.42. The number of aryl methyl sites for hydroxylation is 1. The van der Waals surface area contributed by atoms with E-state index in [9.17, 15) is 9.18 Å². The molecule has 1 aliphatic heterocycles. The Hall–Kier alpha value is -1.72. The van der Waals surface area contributed by atoms with Crippen LogP contribution in [0.3, 0.4) is 0 Å². The second-order valence-corrected chi connectivity index (χ2v) is 6.61. The number of carbonyl (C=O) groups is 1. The van der Waals surface area contributed by atoms with E-state index in [2.05, 4.69) is 12.6 Å². The van der Waals surface area contributed by atoms with Crippen molar-refractivity contribution >= 4 is 41.5 Å². The second-order valence-electron chi connectivity index (χ2n) is 5.28. The summed E-state index contributed by atoms with van der Waals surface area (Å²) in [5.74, 6) is -0.663. The summed E-state index contributed by atoms with van der Waals surface area (Å²) in [6.45, 7) is 2.09. The highest BCUT2D eigenvalue weighted by Gasteiger charge is 2.27. The van der Waals surface area contributed by atoms with Crippen molar-refractivity contribution < 1.29 is 13.9 Å². The molecule has 3 rings (SSSR count). The summed E-state index contributed by atoms with van der Waals surface area (Å²) < 4.78 is 19.3. The normalized spacial score (nSPS) is 14.3. The molecule has 0 fully saturated rings. The SMILES string of the molecule is CSc1ccc(C2=C(c3ccc(S)c(C)c3)C(=O)OC2)cc1F. The van der Waals surface area contributed by atoms with Gasteiger partial charge in [-0.2, -0.15) is 0 Å². The van der Waals surface area contributed by atoms with E-state index in [0.29, 0.717) is 21.6 Å². The molecule has 0 bridgehead atoms. The predicted octanol–water partition coefficient (Wildman–Crippen LogP) is 4.61. The third-order valence-corrected chi connectivity index (χ3v) is 5.11. The first kappa shape index (κ1) is 16.1. The van der Waals surface area contributed by atoms with E-state index in [1.807, 2.05) is 37.4 Å². The maximum absolute atomic E-state index is 14.1. The standard InChI is InChI=1S/C18H15FO2S2/c1-10-7-12(3-5-15(10)22)17-13(9-21-18(17)20)11-4-6-16(23-2)14(19)8-11/h3-8,22H,9H2,1-2H3. The Kier molecular flexibility index (Phi) is 4.50. The summed E-state index contributed by atoms with van der Waals surface area (Å²) in [6, 6.07) is 10.6. The van der Waals surface area contributed by atoms with Crippen LogP contribution < -0.4 is 0 Å². The zero-order valence-corrected chi connectivity index (χ0v) is 14.4. The van der Waals surface area contributed by atoms with Crippen molar-refractivity contribution in [2.75, 3.05) is 12.9 Å². The molecular formula is C18H15FO2S2. The molecule has 23 heavy (non-hydrogen) atoms. The van der Waals surface area contributed by atoms with E-state index in [4.69, 9.17) is 4.74 Å². The summed E-state index contributed by atoms with van der Waals surface area (Å²) >= 11 is 5.70. The van der Waals surface area contributed by atoms with Crippen LogP contribution >= 0.6 is 24.4 Å². The first-order chi connectivity index (χ1) is 11.0. The highest BCUT2D eigenvalue weighted by Crippen LogP contribution is 2.35. The molecule has 1 aliphatic rings. The van der Waals surface area contributed by atoms with Crippen molar-refractivity contribution in [1.82, 2.24) is 0 Å². The zero-order valence-electron chi connectivity index (χ0n) is 12.7. The van der Waals surface area contributed by atoms with Gasteiger partial charge < -0.3 is 4.74 Å². The van der Waals surface area contributed by atoms with Crippen LogP contribution in [0.15, 0.2) is 46.2 Å². The summed E-state index contributed by atoms with van der Waals surface area (Å²) in [5.41, 5.74) is 3.63. The lowest BCUT2D eigenvalue weighted by Gasteiger charge is -2.08. The molecule has 0 saturated heterocycles. The lowest BCUT2D eigenvalue weighted by Crippen LogP contribution is -1.99. The van der Waals surface area contributed by atoms with Crippen LogP contribution in [0, 0.1) is 12.7 Å². The maximum atomic E-state index is 14.1. The molecular weight excluding hydrogens is 331 g/mol. The lowest BCUT2D eigenvalue weighted by atomic mass is 9.95. The van der Waals surface area contributed by atoms with Crippen molar-refractivity contribution in [3.8, 4) is 0 Å². The Bertz CT molecular complexity index is 828. The van der Waals surface area contributed by atoms with E-state index in [-0.39, 0.29) is 18.4 Å². The first-order valence-corrected chi connectivity index (χ1v) is 8.72. The van der Waals surface area contributed by atoms with Gasteiger partial charge in [0.05, 0.1) is 5.57 Å². The number of hydrogen-bond acceptors (Lipinski definition) is 4. The zero-order chi connectivity index (χ0) is 16.6. The molecule has 0 amide bonds. The lowest BCUT2D eigenvalue weighted by molar-refractivity contribution is -0.133. The molecule has 0 N–H and O–H groups in total. The molecule has 0 aliphatic carbocycles. The van der Waals surface area contributed by atoms with E-state index in [0.717, 1.165) is 16.0 Å². The van der Waals surface area contributed by atoms with Gasteiger partial charge in [-0.3, -0.25) is 0 Å². The summed E-state index contributed by atoms with van der Waals surface area (Å²) in [5, 5.41) is 0. The summed E-state index contributed by atoms with van der Waals surface area (Å²) in [6.07, 6.45) is 1.83. The highest BCUT2D eigenvalue weighted by molar-refractivity contribution is 7.98. The van der Waals surface area contributed by atoms with E-state index in [1.165, 1.54) is 17.8 Å². The minimum Gasteiger partial charge on any atom is -0.457 e. The number of cyclic esters (lactones) is 1. The molecule has 0 radical (unpaired) electrons. The minimum atomic E-state index is -0.374. The predicted molar refractivity (Wildman–Crippen MR) is 94.4 cm³/mol. The van der Waals surface area contributed by atoms with Crippen LogP contribution in [0.4, 0.5) is 4.39 Å². The van der Waals surface area contributed by atoms with Crippen LogP contribution in [-0.2, 0) is 9.53 Å². The summed E-state index contributed by atoms with van der Waals surface area (Å²) in [4.78, 5) is 13.6. The maximum Gasteiger partial charge on any atom is 0.339 e. The molecule has 0 unspecified atom stereocenters. The van der Waals surface area contributed by atoms with Crippen LogP contribution in [0.2, 0.25) is 0 Å². The number of hydrogen-bond donors (Lipinski definition) is 1. The van der Waals surface area contributed by atoms with Crippen molar-refractivity contribution in [1.29, 1.82) is 0 Å². The van der Waals surface area contributed by atoms with Crippen molar-refractivity contribution in [3.05, 3.63) is 58.9 Å². The smallest absolute Gasteiger partial charge is 0.339 e. The number of rotatable bonds is 3.